The number of hydrogen-bond donors (Lipinski definition) is 0. The predicted molar refractivity (Wildman–Crippen MR) is 256 cm³/mol. The summed E-state index contributed by atoms with van der Waals surface area (Å²) in [5.74, 6) is 1.59. The summed E-state index contributed by atoms with van der Waals surface area (Å²) in [4.78, 5) is 37.9. The highest BCUT2D eigenvalue weighted by atomic mass is 16.6. The molecule has 0 radical (unpaired) electrons. The molecule has 0 aliphatic heterocycles. The molecule has 0 amide bonds. The number of rotatable bonds is 47. The highest BCUT2D eigenvalue weighted by Gasteiger charge is 2.19. The Bertz CT molecular complexity index is 929. The van der Waals surface area contributed by atoms with Crippen molar-refractivity contribution in [1.82, 2.24) is 0 Å². The summed E-state index contributed by atoms with van der Waals surface area (Å²) in [6.07, 6.45) is 45.4. The van der Waals surface area contributed by atoms with Crippen molar-refractivity contribution in [3.05, 3.63) is 0 Å². The molecule has 0 saturated carbocycles. The Labute approximate surface area is 374 Å². The van der Waals surface area contributed by atoms with Crippen LogP contribution in [0.1, 0.15) is 292 Å². The van der Waals surface area contributed by atoms with E-state index >= 15 is 0 Å². The second-order valence-electron chi connectivity index (χ2n) is 19.9. The molecule has 0 rings (SSSR count). The van der Waals surface area contributed by atoms with Crippen LogP contribution in [0.3, 0.4) is 0 Å². The average molecular weight is 849 g/mol. The van der Waals surface area contributed by atoms with E-state index in [2.05, 4.69) is 41.5 Å². The standard InChI is InChI=1S/C54H104O6/c1-48(2)40-34-28-22-18-14-10-7-8-12-16-20-24-31-37-43-52(55)58-46-51(60-54(57)45-39-33-27-26-30-36-42-50(5)6)47-59-53(56)44-38-32-25-21-17-13-9-11-15-19-23-29-35-41-49(3)4/h48-51H,7-47H2,1-6H3/t51-/m0/s1. The van der Waals surface area contributed by atoms with Gasteiger partial charge in [0.15, 0.2) is 6.10 Å². The van der Waals surface area contributed by atoms with Crippen molar-refractivity contribution in [2.75, 3.05) is 13.2 Å². The normalized spacial score (nSPS) is 12.2. The van der Waals surface area contributed by atoms with E-state index in [-0.39, 0.29) is 31.1 Å². The maximum atomic E-state index is 12.7. The molecule has 6 nitrogen and oxygen atoms in total. The summed E-state index contributed by atoms with van der Waals surface area (Å²) in [7, 11) is 0. The molecule has 0 bridgehead atoms. The summed E-state index contributed by atoms with van der Waals surface area (Å²) in [5, 5.41) is 0. The van der Waals surface area contributed by atoms with Gasteiger partial charge in [-0.25, -0.2) is 0 Å². The maximum absolute atomic E-state index is 12.7. The second kappa shape index (κ2) is 45.4. The summed E-state index contributed by atoms with van der Waals surface area (Å²) >= 11 is 0. The zero-order chi connectivity index (χ0) is 44.2. The summed E-state index contributed by atoms with van der Waals surface area (Å²) in [6, 6.07) is 0. The average Bonchev–Trinajstić information content (AvgIpc) is 3.20. The quantitative estimate of drug-likeness (QED) is 0.0345. The van der Waals surface area contributed by atoms with Gasteiger partial charge in [-0.2, -0.15) is 0 Å². The Morgan fingerprint density at radius 1 is 0.283 bits per heavy atom. The molecule has 0 unspecified atom stereocenters. The summed E-state index contributed by atoms with van der Waals surface area (Å²) < 4.78 is 16.8. The van der Waals surface area contributed by atoms with E-state index in [0.717, 1.165) is 75.5 Å². The molecule has 1 atom stereocenters. The van der Waals surface area contributed by atoms with Crippen LogP contribution < -0.4 is 0 Å². The van der Waals surface area contributed by atoms with Gasteiger partial charge in [0.2, 0.25) is 0 Å². The van der Waals surface area contributed by atoms with Crippen LogP contribution in [0.2, 0.25) is 0 Å². The number of esters is 3. The monoisotopic (exact) mass is 849 g/mol. The molecule has 60 heavy (non-hydrogen) atoms. The highest BCUT2D eigenvalue weighted by molar-refractivity contribution is 5.71. The van der Waals surface area contributed by atoms with E-state index in [0.29, 0.717) is 19.3 Å². The van der Waals surface area contributed by atoms with Crippen molar-refractivity contribution in [3.63, 3.8) is 0 Å². The van der Waals surface area contributed by atoms with E-state index in [1.165, 1.54) is 173 Å². The number of ether oxygens (including phenoxy) is 3. The summed E-state index contributed by atoms with van der Waals surface area (Å²) in [5.41, 5.74) is 0. The molecule has 0 spiro atoms. The Morgan fingerprint density at radius 3 is 0.717 bits per heavy atom. The van der Waals surface area contributed by atoms with Gasteiger partial charge in [0.05, 0.1) is 0 Å². The number of unbranched alkanes of at least 4 members (excludes halogenated alkanes) is 30. The molecule has 356 valence electrons. The molecule has 0 heterocycles. The molecule has 6 heteroatoms. The number of carbonyl (C=O) groups is 3. The minimum atomic E-state index is -0.763. The highest BCUT2D eigenvalue weighted by Crippen LogP contribution is 2.18. The third-order valence-corrected chi connectivity index (χ3v) is 12.1. The van der Waals surface area contributed by atoms with E-state index in [4.69, 9.17) is 14.2 Å². The van der Waals surface area contributed by atoms with Crippen LogP contribution >= 0.6 is 0 Å². The molecule has 0 aromatic rings. The van der Waals surface area contributed by atoms with Gasteiger partial charge in [0.1, 0.15) is 13.2 Å². The molecule has 0 aromatic heterocycles. The molecule has 0 N–H and O–H groups in total. The number of hydrogen-bond acceptors (Lipinski definition) is 6. The third-order valence-electron chi connectivity index (χ3n) is 12.1. The van der Waals surface area contributed by atoms with Crippen molar-refractivity contribution in [2.45, 2.75) is 298 Å². The SMILES string of the molecule is CC(C)CCCCCCCCCCCCCCCCC(=O)OC[C@@H](COC(=O)CCCCCCCCCCCCCCCC(C)C)OC(=O)CCCCCCCCC(C)C. The lowest BCUT2D eigenvalue weighted by molar-refractivity contribution is -0.167. The molecule has 0 aliphatic rings. The lowest BCUT2D eigenvalue weighted by Crippen LogP contribution is -2.30. The molecule has 0 fully saturated rings. The van der Waals surface area contributed by atoms with Gasteiger partial charge >= 0.3 is 17.9 Å². The fraction of sp³-hybridized carbons (Fsp3) is 0.944. The molecule has 0 saturated heterocycles. The van der Waals surface area contributed by atoms with Crippen LogP contribution in [-0.4, -0.2) is 37.2 Å². The van der Waals surface area contributed by atoms with Crippen LogP contribution in [-0.2, 0) is 28.6 Å². The van der Waals surface area contributed by atoms with Gasteiger partial charge in [-0.15, -0.1) is 0 Å². The number of carbonyl (C=O) groups excluding carboxylic acids is 3. The van der Waals surface area contributed by atoms with Crippen molar-refractivity contribution >= 4 is 17.9 Å². The Kier molecular flexibility index (Phi) is 44.2. The van der Waals surface area contributed by atoms with Gasteiger partial charge < -0.3 is 14.2 Å². The first-order valence-corrected chi connectivity index (χ1v) is 26.6. The van der Waals surface area contributed by atoms with Gasteiger partial charge in [-0.3, -0.25) is 14.4 Å². The Balaban J connectivity index is 4.23. The first-order chi connectivity index (χ1) is 29.1. The fourth-order valence-electron chi connectivity index (χ4n) is 8.12. The lowest BCUT2D eigenvalue weighted by atomic mass is 10.0. The smallest absolute Gasteiger partial charge is 0.306 e. The second-order valence-corrected chi connectivity index (χ2v) is 19.9. The minimum Gasteiger partial charge on any atom is -0.462 e. The van der Waals surface area contributed by atoms with Crippen LogP contribution in [0.25, 0.3) is 0 Å². The topological polar surface area (TPSA) is 78.9 Å². The Hall–Kier alpha value is -1.59. The van der Waals surface area contributed by atoms with E-state index in [9.17, 15) is 14.4 Å². The van der Waals surface area contributed by atoms with Crippen molar-refractivity contribution in [2.24, 2.45) is 17.8 Å². The van der Waals surface area contributed by atoms with E-state index in [1.54, 1.807) is 0 Å². The van der Waals surface area contributed by atoms with Gasteiger partial charge in [0.25, 0.3) is 0 Å². The molecular formula is C54H104O6. The first kappa shape index (κ1) is 58.4. The Morgan fingerprint density at radius 2 is 0.483 bits per heavy atom. The van der Waals surface area contributed by atoms with Crippen LogP contribution in [0.4, 0.5) is 0 Å². The largest absolute Gasteiger partial charge is 0.462 e. The van der Waals surface area contributed by atoms with Crippen molar-refractivity contribution < 1.29 is 28.6 Å². The van der Waals surface area contributed by atoms with Crippen LogP contribution in [0, 0.1) is 17.8 Å². The zero-order valence-corrected chi connectivity index (χ0v) is 41.3. The first-order valence-electron chi connectivity index (χ1n) is 26.6. The van der Waals surface area contributed by atoms with Gasteiger partial charge in [-0.1, -0.05) is 253 Å². The van der Waals surface area contributed by atoms with E-state index in [1.807, 2.05) is 0 Å². The van der Waals surface area contributed by atoms with Crippen LogP contribution in [0.15, 0.2) is 0 Å². The van der Waals surface area contributed by atoms with Crippen molar-refractivity contribution in [3.8, 4) is 0 Å². The van der Waals surface area contributed by atoms with Gasteiger partial charge in [-0.05, 0) is 37.0 Å². The van der Waals surface area contributed by atoms with Gasteiger partial charge in [0, 0.05) is 19.3 Å². The third kappa shape index (κ3) is 47.5. The minimum absolute atomic E-state index is 0.0653. The zero-order valence-electron chi connectivity index (χ0n) is 41.3. The molecule has 0 aromatic carbocycles. The fourth-order valence-corrected chi connectivity index (χ4v) is 8.12. The molecular weight excluding hydrogens is 745 g/mol. The predicted octanol–water partition coefficient (Wildman–Crippen LogP) is 17.2. The molecule has 0 aliphatic carbocycles. The van der Waals surface area contributed by atoms with Crippen LogP contribution in [0.5, 0.6) is 0 Å². The van der Waals surface area contributed by atoms with Crippen molar-refractivity contribution in [1.29, 1.82) is 0 Å². The lowest BCUT2D eigenvalue weighted by Gasteiger charge is -2.18. The summed E-state index contributed by atoms with van der Waals surface area (Å²) in [6.45, 7) is 13.7. The van der Waals surface area contributed by atoms with E-state index < -0.39 is 6.10 Å². The maximum Gasteiger partial charge on any atom is 0.306 e.